The standard InChI is InChI=1S/C16H21N3O3S/c1-9(2)14-11-8-12(23-16(11)18(3)17-14)15(22)19-6-4-5-10(19)7-13(20)21/h8-10H,4-7H2,1-3H3,(H,20,21). The predicted molar refractivity (Wildman–Crippen MR) is 89.0 cm³/mol. The van der Waals surface area contributed by atoms with E-state index in [0.717, 1.165) is 28.8 Å². The van der Waals surface area contributed by atoms with Gasteiger partial charge in [0.25, 0.3) is 5.91 Å². The van der Waals surface area contributed by atoms with E-state index in [9.17, 15) is 9.59 Å². The fourth-order valence-corrected chi connectivity index (χ4v) is 4.29. The van der Waals surface area contributed by atoms with Crippen molar-refractivity contribution < 1.29 is 14.7 Å². The molecule has 3 rings (SSSR count). The summed E-state index contributed by atoms with van der Waals surface area (Å²) in [4.78, 5) is 27.2. The van der Waals surface area contributed by atoms with E-state index in [2.05, 4.69) is 18.9 Å². The minimum absolute atomic E-state index is 0.0232. The van der Waals surface area contributed by atoms with E-state index < -0.39 is 5.97 Å². The number of rotatable bonds is 4. The van der Waals surface area contributed by atoms with Crippen molar-refractivity contribution in [1.82, 2.24) is 14.7 Å². The molecule has 0 radical (unpaired) electrons. The molecular weight excluding hydrogens is 314 g/mol. The lowest BCUT2D eigenvalue weighted by atomic mass is 10.1. The molecule has 2 aromatic heterocycles. The number of carbonyl (C=O) groups is 2. The number of aromatic nitrogens is 2. The van der Waals surface area contributed by atoms with Gasteiger partial charge in [-0.1, -0.05) is 13.8 Å². The summed E-state index contributed by atoms with van der Waals surface area (Å²) in [6, 6.07) is 1.73. The Kier molecular flexibility index (Phi) is 4.14. The first-order valence-electron chi connectivity index (χ1n) is 7.87. The summed E-state index contributed by atoms with van der Waals surface area (Å²) in [5.74, 6) is -0.607. The smallest absolute Gasteiger partial charge is 0.305 e. The molecule has 7 heteroatoms. The number of hydrogen-bond donors (Lipinski definition) is 1. The van der Waals surface area contributed by atoms with Crippen molar-refractivity contribution in [3.05, 3.63) is 16.6 Å². The van der Waals surface area contributed by atoms with Gasteiger partial charge in [0.2, 0.25) is 0 Å². The lowest BCUT2D eigenvalue weighted by Gasteiger charge is -2.22. The van der Waals surface area contributed by atoms with Gasteiger partial charge in [-0.25, -0.2) is 0 Å². The quantitative estimate of drug-likeness (QED) is 0.932. The van der Waals surface area contributed by atoms with Crippen molar-refractivity contribution in [3.8, 4) is 0 Å². The number of aliphatic carboxylic acids is 1. The summed E-state index contributed by atoms with van der Waals surface area (Å²) < 4.78 is 1.82. The number of hydrogen-bond acceptors (Lipinski definition) is 4. The first-order chi connectivity index (χ1) is 10.9. The second kappa shape index (κ2) is 5.96. The zero-order valence-corrected chi connectivity index (χ0v) is 14.4. The van der Waals surface area contributed by atoms with Crippen LogP contribution < -0.4 is 0 Å². The zero-order valence-electron chi connectivity index (χ0n) is 13.6. The van der Waals surface area contributed by atoms with E-state index >= 15 is 0 Å². The Hall–Kier alpha value is -1.89. The summed E-state index contributed by atoms with van der Waals surface area (Å²) in [5, 5.41) is 14.6. The normalized spacial score (nSPS) is 18.3. The number of carbonyl (C=O) groups excluding carboxylic acids is 1. The average molecular weight is 335 g/mol. The van der Waals surface area contributed by atoms with Crippen LogP contribution in [0.15, 0.2) is 6.07 Å². The number of nitrogens with zero attached hydrogens (tertiary/aromatic N) is 3. The number of likely N-dealkylation sites (tertiary alicyclic amines) is 1. The third-order valence-electron chi connectivity index (χ3n) is 4.35. The summed E-state index contributed by atoms with van der Waals surface area (Å²) in [6.45, 7) is 4.81. The van der Waals surface area contributed by atoms with Gasteiger partial charge in [-0.15, -0.1) is 11.3 Å². The molecule has 1 saturated heterocycles. The van der Waals surface area contributed by atoms with Crippen LogP contribution in [0.5, 0.6) is 0 Å². The van der Waals surface area contributed by atoms with Crippen molar-refractivity contribution in [3.63, 3.8) is 0 Å². The van der Waals surface area contributed by atoms with E-state index in [1.807, 2.05) is 17.8 Å². The Balaban J connectivity index is 1.92. The van der Waals surface area contributed by atoms with Crippen molar-refractivity contribution in [2.75, 3.05) is 6.54 Å². The van der Waals surface area contributed by atoms with Crippen LogP contribution in [0.1, 0.15) is 54.4 Å². The molecule has 3 heterocycles. The lowest BCUT2D eigenvalue weighted by molar-refractivity contribution is -0.137. The van der Waals surface area contributed by atoms with E-state index in [1.165, 1.54) is 11.3 Å². The van der Waals surface area contributed by atoms with Crippen LogP contribution in [-0.4, -0.2) is 44.3 Å². The molecule has 0 aliphatic carbocycles. The monoisotopic (exact) mass is 335 g/mol. The maximum Gasteiger partial charge on any atom is 0.305 e. The maximum atomic E-state index is 12.8. The molecule has 1 aliphatic rings. The van der Waals surface area contributed by atoms with Crippen molar-refractivity contribution in [2.24, 2.45) is 7.05 Å². The van der Waals surface area contributed by atoms with Gasteiger partial charge in [-0.3, -0.25) is 14.3 Å². The maximum absolute atomic E-state index is 12.8. The van der Waals surface area contributed by atoms with E-state index in [-0.39, 0.29) is 18.4 Å². The van der Waals surface area contributed by atoms with Gasteiger partial charge in [0.05, 0.1) is 17.0 Å². The highest BCUT2D eigenvalue weighted by Crippen LogP contribution is 2.33. The molecule has 2 aromatic rings. The van der Waals surface area contributed by atoms with Crippen LogP contribution in [0.25, 0.3) is 10.2 Å². The number of amides is 1. The van der Waals surface area contributed by atoms with Crippen LogP contribution in [0.2, 0.25) is 0 Å². The number of aryl methyl sites for hydroxylation is 1. The van der Waals surface area contributed by atoms with Crippen LogP contribution in [0.3, 0.4) is 0 Å². The van der Waals surface area contributed by atoms with Crippen LogP contribution in [0.4, 0.5) is 0 Å². The van der Waals surface area contributed by atoms with Crippen LogP contribution in [0, 0.1) is 0 Å². The Morgan fingerprint density at radius 1 is 1.48 bits per heavy atom. The lowest BCUT2D eigenvalue weighted by Crippen LogP contribution is -2.36. The molecule has 0 aromatic carbocycles. The Morgan fingerprint density at radius 2 is 2.22 bits per heavy atom. The molecule has 124 valence electrons. The van der Waals surface area contributed by atoms with Crippen LogP contribution >= 0.6 is 11.3 Å². The summed E-state index contributed by atoms with van der Waals surface area (Å²) in [7, 11) is 1.89. The van der Waals surface area contributed by atoms with Crippen molar-refractivity contribution in [1.29, 1.82) is 0 Å². The molecule has 1 N–H and O–H groups in total. The third kappa shape index (κ3) is 2.85. The average Bonchev–Trinajstić information content (AvgIpc) is 3.14. The summed E-state index contributed by atoms with van der Waals surface area (Å²) in [6.07, 6.45) is 1.66. The Morgan fingerprint density at radius 3 is 2.87 bits per heavy atom. The highest BCUT2D eigenvalue weighted by Gasteiger charge is 2.32. The second-order valence-corrected chi connectivity index (χ2v) is 7.42. The molecule has 1 fully saturated rings. The summed E-state index contributed by atoms with van der Waals surface area (Å²) >= 11 is 1.44. The number of carboxylic acid groups (broad SMARTS) is 1. The molecule has 1 aliphatic heterocycles. The molecule has 0 spiro atoms. The van der Waals surface area contributed by atoms with Gasteiger partial charge < -0.3 is 10.0 Å². The topological polar surface area (TPSA) is 75.4 Å². The molecule has 0 saturated carbocycles. The number of fused-ring (bicyclic) bond motifs is 1. The van der Waals surface area contributed by atoms with E-state index in [0.29, 0.717) is 17.3 Å². The van der Waals surface area contributed by atoms with Gasteiger partial charge in [-0.05, 0) is 24.8 Å². The Labute approximate surface area is 138 Å². The minimum atomic E-state index is -0.850. The Bertz CT molecular complexity index is 762. The molecule has 6 nitrogen and oxygen atoms in total. The fraction of sp³-hybridized carbons (Fsp3) is 0.562. The van der Waals surface area contributed by atoms with Crippen molar-refractivity contribution in [2.45, 2.75) is 45.1 Å². The molecule has 1 atom stereocenters. The number of carboxylic acids is 1. The van der Waals surface area contributed by atoms with Gasteiger partial charge in [-0.2, -0.15) is 5.10 Å². The fourth-order valence-electron chi connectivity index (χ4n) is 3.26. The molecular formula is C16H21N3O3S. The van der Waals surface area contributed by atoms with Crippen molar-refractivity contribution >= 4 is 33.4 Å². The molecule has 1 unspecified atom stereocenters. The molecule has 0 bridgehead atoms. The number of thiophene rings is 1. The first kappa shape index (κ1) is 16.0. The summed E-state index contributed by atoms with van der Waals surface area (Å²) in [5.41, 5.74) is 1.00. The molecule has 23 heavy (non-hydrogen) atoms. The van der Waals surface area contributed by atoms with Gasteiger partial charge in [0, 0.05) is 25.0 Å². The second-order valence-electron chi connectivity index (χ2n) is 6.39. The third-order valence-corrected chi connectivity index (χ3v) is 5.54. The van der Waals surface area contributed by atoms with E-state index in [4.69, 9.17) is 5.11 Å². The SMILES string of the molecule is CC(C)c1nn(C)c2sc(C(=O)N3CCCC3CC(=O)O)cc12. The molecule has 1 amide bonds. The largest absolute Gasteiger partial charge is 0.481 e. The van der Waals surface area contributed by atoms with E-state index in [1.54, 1.807) is 4.90 Å². The highest BCUT2D eigenvalue weighted by atomic mass is 32.1. The predicted octanol–water partition coefficient (Wildman–Crippen LogP) is 2.84. The minimum Gasteiger partial charge on any atom is -0.481 e. The van der Waals surface area contributed by atoms with Crippen LogP contribution in [-0.2, 0) is 11.8 Å². The van der Waals surface area contributed by atoms with Gasteiger partial charge in [0.1, 0.15) is 4.83 Å². The van der Waals surface area contributed by atoms with Gasteiger partial charge in [0.15, 0.2) is 0 Å². The first-order valence-corrected chi connectivity index (χ1v) is 8.69. The zero-order chi connectivity index (χ0) is 16.7. The van der Waals surface area contributed by atoms with Gasteiger partial charge >= 0.3 is 5.97 Å². The highest BCUT2D eigenvalue weighted by molar-refractivity contribution is 7.20.